The first-order valence-electron chi connectivity index (χ1n) is 6.16. The lowest BCUT2D eigenvalue weighted by Crippen LogP contribution is -2.14. The van der Waals surface area contributed by atoms with Crippen LogP contribution in [0.4, 0.5) is 4.39 Å². The molecule has 3 aromatic rings. The minimum absolute atomic E-state index is 0.0363. The summed E-state index contributed by atoms with van der Waals surface area (Å²) in [6, 6.07) is 10.1. The Labute approximate surface area is 117 Å². The van der Waals surface area contributed by atoms with E-state index < -0.39 is 11.7 Å². The Morgan fingerprint density at radius 2 is 2.05 bits per heavy atom. The van der Waals surface area contributed by atoms with Crippen LogP contribution in [0.3, 0.4) is 0 Å². The van der Waals surface area contributed by atoms with Crippen molar-refractivity contribution in [1.29, 1.82) is 0 Å². The zero-order valence-electron chi connectivity index (χ0n) is 10.7. The number of nitrogens with zero attached hydrogens (tertiary/aromatic N) is 1. The lowest BCUT2D eigenvalue weighted by molar-refractivity contribution is 0.0697. The zero-order valence-corrected chi connectivity index (χ0v) is 10.7. The summed E-state index contributed by atoms with van der Waals surface area (Å²) >= 11 is 0. The van der Waals surface area contributed by atoms with E-state index in [1.807, 2.05) is 0 Å². The molecule has 2 aromatic carbocycles. The molecule has 0 fully saturated rings. The lowest BCUT2D eigenvalue weighted by atomic mass is 10.2. The lowest BCUT2D eigenvalue weighted by Gasteiger charge is -2.03. The summed E-state index contributed by atoms with van der Waals surface area (Å²) in [4.78, 5) is 22.8. The number of aromatic nitrogens is 1. The molecule has 5 nitrogen and oxygen atoms in total. The second-order valence-corrected chi connectivity index (χ2v) is 4.57. The Morgan fingerprint density at radius 1 is 1.24 bits per heavy atom. The van der Waals surface area contributed by atoms with Crippen LogP contribution < -0.4 is 5.76 Å². The van der Waals surface area contributed by atoms with Crippen molar-refractivity contribution >= 4 is 17.1 Å². The molecule has 0 spiro atoms. The van der Waals surface area contributed by atoms with E-state index in [0.717, 1.165) is 0 Å². The Morgan fingerprint density at radius 3 is 2.76 bits per heavy atom. The highest BCUT2D eigenvalue weighted by Gasteiger charge is 2.12. The van der Waals surface area contributed by atoms with Gasteiger partial charge in [0.25, 0.3) is 0 Å². The molecular formula is C15H10FNO4. The molecule has 106 valence electrons. The van der Waals surface area contributed by atoms with Gasteiger partial charge in [-0.3, -0.25) is 4.57 Å². The van der Waals surface area contributed by atoms with Gasteiger partial charge in [0, 0.05) is 0 Å². The van der Waals surface area contributed by atoms with Crippen LogP contribution >= 0.6 is 0 Å². The number of oxazole rings is 1. The molecule has 0 saturated heterocycles. The largest absolute Gasteiger partial charge is 0.478 e. The summed E-state index contributed by atoms with van der Waals surface area (Å²) in [6.45, 7) is 0.149. The number of rotatable bonds is 3. The van der Waals surface area contributed by atoms with Gasteiger partial charge in [-0.2, -0.15) is 0 Å². The Balaban J connectivity index is 2.08. The first-order chi connectivity index (χ1) is 10.0. The SMILES string of the molecule is O=C(O)c1ccc2c(c1)oc(=O)n2Cc1cccc(F)c1. The van der Waals surface area contributed by atoms with E-state index in [1.165, 1.54) is 34.9 Å². The van der Waals surface area contributed by atoms with Crippen LogP contribution in [-0.2, 0) is 6.54 Å². The summed E-state index contributed by atoms with van der Waals surface area (Å²) in [5.74, 6) is -2.10. The fourth-order valence-corrected chi connectivity index (χ4v) is 2.17. The van der Waals surface area contributed by atoms with Crippen molar-refractivity contribution in [1.82, 2.24) is 4.57 Å². The van der Waals surface area contributed by atoms with Crippen molar-refractivity contribution in [3.63, 3.8) is 0 Å². The fourth-order valence-electron chi connectivity index (χ4n) is 2.17. The number of benzene rings is 2. The molecule has 0 saturated carbocycles. The van der Waals surface area contributed by atoms with Gasteiger partial charge in [0.2, 0.25) is 0 Å². The number of carboxylic acids is 1. The highest BCUT2D eigenvalue weighted by Crippen LogP contribution is 2.17. The predicted molar refractivity (Wildman–Crippen MR) is 72.9 cm³/mol. The molecular weight excluding hydrogens is 277 g/mol. The fraction of sp³-hybridized carbons (Fsp3) is 0.0667. The van der Waals surface area contributed by atoms with Crippen LogP contribution in [0.1, 0.15) is 15.9 Å². The predicted octanol–water partition coefficient (Wildman–Crippen LogP) is 2.48. The summed E-state index contributed by atoms with van der Waals surface area (Å²) < 4.78 is 19.5. The first kappa shape index (κ1) is 13.1. The van der Waals surface area contributed by atoms with E-state index in [0.29, 0.717) is 11.1 Å². The van der Waals surface area contributed by atoms with Crippen molar-refractivity contribution in [2.45, 2.75) is 6.54 Å². The van der Waals surface area contributed by atoms with Crippen molar-refractivity contribution in [2.75, 3.05) is 0 Å². The van der Waals surface area contributed by atoms with Crippen molar-refractivity contribution in [3.05, 3.63) is 70.0 Å². The number of aromatic carboxylic acids is 1. The molecule has 0 bridgehead atoms. The quantitative estimate of drug-likeness (QED) is 0.803. The standard InChI is InChI=1S/C15H10FNO4/c16-11-3-1-2-9(6-11)8-17-12-5-4-10(14(18)19)7-13(12)21-15(17)20/h1-7H,8H2,(H,18,19). The second-order valence-electron chi connectivity index (χ2n) is 4.57. The molecule has 6 heteroatoms. The van der Waals surface area contributed by atoms with Crippen LogP contribution in [0.5, 0.6) is 0 Å². The smallest absolute Gasteiger partial charge is 0.420 e. The molecule has 3 rings (SSSR count). The Kier molecular flexibility index (Phi) is 3.06. The number of hydrogen-bond acceptors (Lipinski definition) is 3. The van der Waals surface area contributed by atoms with Gasteiger partial charge in [-0.1, -0.05) is 12.1 Å². The van der Waals surface area contributed by atoms with Gasteiger partial charge in [-0.25, -0.2) is 14.0 Å². The van der Waals surface area contributed by atoms with Gasteiger partial charge in [-0.15, -0.1) is 0 Å². The van der Waals surface area contributed by atoms with Gasteiger partial charge in [0.15, 0.2) is 5.58 Å². The molecule has 0 amide bonds. The van der Waals surface area contributed by atoms with Crippen LogP contribution in [0, 0.1) is 5.82 Å². The van der Waals surface area contributed by atoms with E-state index in [4.69, 9.17) is 9.52 Å². The van der Waals surface area contributed by atoms with E-state index in [1.54, 1.807) is 12.1 Å². The number of halogens is 1. The summed E-state index contributed by atoms with van der Waals surface area (Å²) in [5, 5.41) is 8.92. The average Bonchev–Trinajstić information content (AvgIpc) is 2.74. The summed E-state index contributed by atoms with van der Waals surface area (Å²) in [6.07, 6.45) is 0. The number of carbonyl (C=O) groups is 1. The van der Waals surface area contributed by atoms with Crippen LogP contribution in [0.15, 0.2) is 51.7 Å². The van der Waals surface area contributed by atoms with Gasteiger partial charge >= 0.3 is 11.7 Å². The van der Waals surface area contributed by atoms with Gasteiger partial charge in [-0.05, 0) is 35.9 Å². The zero-order chi connectivity index (χ0) is 15.0. The second kappa shape index (κ2) is 4.90. The number of hydrogen-bond donors (Lipinski definition) is 1. The maximum atomic E-state index is 13.2. The molecule has 0 atom stereocenters. The van der Waals surface area contributed by atoms with Gasteiger partial charge < -0.3 is 9.52 Å². The van der Waals surface area contributed by atoms with Crippen molar-refractivity contribution in [2.24, 2.45) is 0 Å². The molecule has 1 aromatic heterocycles. The molecule has 21 heavy (non-hydrogen) atoms. The third-order valence-corrected chi connectivity index (χ3v) is 3.14. The van der Waals surface area contributed by atoms with Crippen LogP contribution in [-0.4, -0.2) is 15.6 Å². The average molecular weight is 287 g/mol. The monoisotopic (exact) mass is 287 g/mol. The third kappa shape index (κ3) is 2.43. The summed E-state index contributed by atoms with van der Waals surface area (Å²) in [5.41, 5.74) is 1.31. The number of carboxylic acid groups (broad SMARTS) is 1. The van der Waals surface area contributed by atoms with E-state index in [-0.39, 0.29) is 23.5 Å². The molecule has 0 aliphatic heterocycles. The minimum atomic E-state index is -1.10. The molecule has 1 heterocycles. The Hall–Kier alpha value is -2.89. The maximum absolute atomic E-state index is 13.2. The molecule has 0 aliphatic carbocycles. The van der Waals surface area contributed by atoms with Crippen molar-refractivity contribution < 1.29 is 18.7 Å². The van der Waals surface area contributed by atoms with E-state index >= 15 is 0 Å². The highest BCUT2D eigenvalue weighted by atomic mass is 19.1. The molecule has 0 radical (unpaired) electrons. The van der Waals surface area contributed by atoms with Crippen LogP contribution in [0.25, 0.3) is 11.1 Å². The van der Waals surface area contributed by atoms with Crippen molar-refractivity contribution in [3.8, 4) is 0 Å². The number of fused-ring (bicyclic) bond motifs is 1. The minimum Gasteiger partial charge on any atom is -0.478 e. The molecule has 0 aliphatic rings. The molecule has 1 N–H and O–H groups in total. The normalized spacial score (nSPS) is 10.9. The first-order valence-corrected chi connectivity index (χ1v) is 6.16. The van der Waals surface area contributed by atoms with Crippen LogP contribution in [0.2, 0.25) is 0 Å². The third-order valence-electron chi connectivity index (χ3n) is 3.14. The van der Waals surface area contributed by atoms with E-state index in [9.17, 15) is 14.0 Å². The van der Waals surface area contributed by atoms with Gasteiger partial charge in [0.1, 0.15) is 5.82 Å². The van der Waals surface area contributed by atoms with Gasteiger partial charge in [0.05, 0.1) is 17.6 Å². The topological polar surface area (TPSA) is 72.4 Å². The maximum Gasteiger partial charge on any atom is 0.420 e. The molecule has 0 unspecified atom stereocenters. The highest BCUT2D eigenvalue weighted by molar-refractivity contribution is 5.91. The van der Waals surface area contributed by atoms with E-state index in [2.05, 4.69) is 0 Å². The Bertz CT molecular complexity index is 894. The summed E-state index contributed by atoms with van der Waals surface area (Å²) in [7, 11) is 0.